The summed E-state index contributed by atoms with van der Waals surface area (Å²) < 4.78 is 41.5. The van der Waals surface area contributed by atoms with Crippen molar-refractivity contribution in [2.45, 2.75) is 13.0 Å². The zero-order chi connectivity index (χ0) is 20.0. The van der Waals surface area contributed by atoms with E-state index >= 15 is 0 Å². The Bertz CT molecular complexity index is 821. The summed E-state index contributed by atoms with van der Waals surface area (Å²) in [6.07, 6.45) is 0. The highest BCUT2D eigenvalue weighted by Crippen LogP contribution is 2.29. The van der Waals surface area contributed by atoms with E-state index in [-0.39, 0.29) is 5.56 Å². The van der Waals surface area contributed by atoms with Gasteiger partial charge in [0.25, 0.3) is 5.91 Å². The van der Waals surface area contributed by atoms with Crippen LogP contribution in [0, 0.1) is 11.6 Å². The number of nitrogens with one attached hydrogen (secondary N) is 1. The van der Waals surface area contributed by atoms with Gasteiger partial charge in [0, 0.05) is 11.6 Å². The van der Waals surface area contributed by atoms with Crippen LogP contribution in [-0.2, 0) is 9.53 Å². The van der Waals surface area contributed by atoms with Crippen LogP contribution in [0.5, 0.6) is 11.5 Å². The molecule has 0 saturated carbocycles. The van der Waals surface area contributed by atoms with Gasteiger partial charge in [0.15, 0.2) is 6.61 Å². The maximum atomic E-state index is 13.1. The van der Waals surface area contributed by atoms with Crippen LogP contribution in [0.3, 0.4) is 0 Å². The molecule has 0 aliphatic carbocycles. The molecule has 0 spiro atoms. The van der Waals surface area contributed by atoms with Crippen molar-refractivity contribution in [3.8, 4) is 11.5 Å². The summed E-state index contributed by atoms with van der Waals surface area (Å²) in [5.74, 6) is -2.27. The van der Waals surface area contributed by atoms with Crippen molar-refractivity contribution in [1.82, 2.24) is 5.32 Å². The quantitative estimate of drug-likeness (QED) is 0.749. The SMILES string of the molecule is COc1ccc(OC)c([C@@H](C)NC(=O)COC(=O)c2cc(F)cc(F)c2)c1. The van der Waals surface area contributed by atoms with E-state index in [1.807, 2.05) is 0 Å². The van der Waals surface area contributed by atoms with Crippen molar-refractivity contribution in [3.05, 3.63) is 59.2 Å². The molecule has 144 valence electrons. The fraction of sp³-hybridized carbons (Fsp3) is 0.263. The lowest BCUT2D eigenvalue weighted by molar-refractivity contribution is -0.124. The Kier molecular flexibility index (Phi) is 6.70. The van der Waals surface area contributed by atoms with Crippen LogP contribution in [-0.4, -0.2) is 32.7 Å². The second-order valence-electron chi connectivity index (χ2n) is 5.63. The molecule has 2 rings (SSSR count). The minimum absolute atomic E-state index is 0.317. The van der Waals surface area contributed by atoms with Gasteiger partial charge in [-0.3, -0.25) is 4.79 Å². The van der Waals surface area contributed by atoms with Crippen LogP contribution in [0.4, 0.5) is 8.78 Å². The van der Waals surface area contributed by atoms with E-state index in [1.165, 1.54) is 14.2 Å². The number of amides is 1. The van der Waals surface area contributed by atoms with Crippen LogP contribution in [0.25, 0.3) is 0 Å². The van der Waals surface area contributed by atoms with Crippen LogP contribution >= 0.6 is 0 Å². The van der Waals surface area contributed by atoms with E-state index < -0.39 is 36.2 Å². The van der Waals surface area contributed by atoms with Gasteiger partial charge in [-0.15, -0.1) is 0 Å². The maximum Gasteiger partial charge on any atom is 0.338 e. The molecule has 0 radical (unpaired) electrons. The number of benzene rings is 2. The number of hydrogen-bond donors (Lipinski definition) is 1. The number of carbonyl (C=O) groups excluding carboxylic acids is 2. The Morgan fingerprint density at radius 2 is 1.70 bits per heavy atom. The van der Waals surface area contributed by atoms with Crippen molar-refractivity contribution in [2.24, 2.45) is 0 Å². The predicted octanol–water partition coefficient (Wildman–Crippen LogP) is 3.02. The first kappa shape index (κ1) is 20.2. The molecule has 0 aromatic heterocycles. The van der Waals surface area contributed by atoms with E-state index in [0.717, 1.165) is 12.1 Å². The zero-order valence-electron chi connectivity index (χ0n) is 15.0. The third kappa shape index (κ3) is 5.40. The van der Waals surface area contributed by atoms with E-state index in [4.69, 9.17) is 14.2 Å². The maximum absolute atomic E-state index is 13.1. The van der Waals surface area contributed by atoms with Gasteiger partial charge >= 0.3 is 5.97 Å². The zero-order valence-corrected chi connectivity index (χ0v) is 15.0. The summed E-state index contributed by atoms with van der Waals surface area (Å²) >= 11 is 0. The predicted molar refractivity (Wildman–Crippen MR) is 92.7 cm³/mol. The molecular formula is C19H19F2NO5. The summed E-state index contributed by atoms with van der Waals surface area (Å²) in [5.41, 5.74) is 0.353. The Balaban J connectivity index is 1.98. The molecule has 1 N–H and O–H groups in total. The highest BCUT2D eigenvalue weighted by molar-refractivity contribution is 5.91. The van der Waals surface area contributed by atoms with Gasteiger partial charge in [0.05, 0.1) is 25.8 Å². The molecule has 0 bridgehead atoms. The molecule has 0 aliphatic rings. The number of hydrogen-bond acceptors (Lipinski definition) is 5. The first-order valence-corrected chi connectivity index (χ1v) is 7.98. The van der Waals surface area contributed by atoms with Crippen LogP contribution in [0.1, 0.15) is 28.9 Å². The topological polar surface area (TPSA) is 73.9 Å². The van der Waals surface area contributed by atoms with Gasteiger partial charge in [-0.1, -0.05) is 0 Å². The van der Waals surface area contributed by atoms with Crippen LogP contribution in [0.2, 0.25) is 0 Å². The average Bonchev–Trinajstić information content (AvgIpc) is 2.64. The molecule has 1 amide bonds. The molecule has 1 atom stereocenters. The fourth-order valence-electron chi connectivity index (χ4n) is 2.42. The number of ether oxygens (including phenoxy) is 3. The molecule has 8 heteroatoms. The van der Waals surface area contributed by atoms with E-state index in [2.05, 4.69) is 5.32 Å². The summed E-state index contributed by atoms with van der Waals surface area (Å²) in [5, 5.41) is 2.65. The largest absolute Gasteiger partial charge is 0.497 e. The van der Waals surface area contributed by atoms with Crippen molar-refractivity contribution >= 4 is 11.9 Å². The van der Waals surface area contributed by atoms with Crippen molar-refractivity contribution in [3.63, 3.8) is 0 Å². The second-order valence-corrected chi connectivity index (χ2v) is 5.63. The first-order chi connectivity index (χ1) is 12.8. The Labute approximate surface area is 155 Å². The second kappa shape index (κ2) is 8.98. The van der Waals surface area contributed by atoms with Gasteiger partial charge < -0.3 is 19.5 Å². The lowest BCUT2D eigenvalue weighted by atomic mass is 10.1. The van der Waals surface area contributed by atoms with Crippen LogP contribution in [0.15, 0.2) is 36.4 Å². The molecule has 2 aromatic rings. The lowest BCUT2D eigenvalue weighted by Crippen LogP contribution is -2.31. The Hall–Kier alpha value is -3.16. The lowest BCUT2D eigenvalue weighted by Gasteiger charge is -2.18. The van der Waals surface area contributed by atoms with E-state index in [9.17, 15) is 18.4 Å². The summed E-state index contributed by atoms with van der Waals surface area (Å²) in [7, 11) is 3.02. The van der Waals surface area contributed by atoms with Gasteiger partial charge in [0.2, 0.25) is 0 Å². The van der Waals surface area contributed by atoms with Gasteiger partial charge in [-0.05, 0) is 37.3 Å². The molecule has 0 aliphatic heterocycles. The summed E-state index contributed by atoms with van der Waals surface area (Å²) in [6, 6.07) is 6.96. The third-order valence-corrected chi connectivity index (χ3v) is 3.71. The summed E-state index contributed by atoms with van der Waals surface area (Å²) in [4.78, 5) is 23.9. The van der Waals surface area contributed by atoms with Crippen molar-refractivity contribution in [2.75, 3.05) is 20.8 Å². The highest BCUT2D eigenvalue weighted by atomic mass is 19.1. The normalized spacial score (nSPS) is 11.4. The van der Waals surface area contributed by atoms with E-state index in [0.29, 0.717) is 23.1 Å². The fourth-order valence-corrected chi connectivity index (χ4v) is 2.42. The molecule has 0 heterocycles. The number of rotatable bonds is 7. The van der Waals surface area contributed by atoms with Crippen molar-refractivity contribution < 1.29 is 32.6 Å². The molecule has 27 heavy (non-hydrogen) atoms. The number of halogens is 2. The minimum atomic E-state index is -1.00. The van der Waals surface area contributed by atoms with Crippen LogP contribution < -0.4 is 14.8 Å². The Morgan fingerprint density at radius 1 is 1.04 bits per heavy atom. The van der Waals surface area contributed by atoms with E-state index in [1.54, 1.807) is 25.1 Å². The molecule has 0 saturated heterocycles. The minimum Gasteiger partial charge on any atom is -0.497 e. The number of esters is 1. The standard InChI is InChI=1S/C19H19F2NO5/c1-11(16-9-15(25-2)4-5-17(16)26-3)22-18(23)10-27-19(24)12-6-13(20)8-14(21)7-12/h4-9,11H,10H2,1-3H3,(H,22,23)/t11-/m1/s1. The van der Waals surface area contributed by atoms with Gasteiger partial charge in [0.1, 0.15) is 23.1 Å². The number of carbonyl (C=O) groups is 2. The molecule has 2 aromatic carbocycles. The molecule has 0 unspecified atom stereocenters. The third-order valence-electron chi connectivity index (χ3n) is 3.71. The smallest absolute Gasteiger partial charge is 0.338 e. The number of methoxy groups -OCH3 is 2. The summed E-state index contributed by atoms with van der Waals surface area (Å²) in [6.45, 7) is 1.12. The molecule has 6 nitrogen and oxygen atoms in total. The average molecular weight is 379 g/mol. The van der Waals surface area contributed by atoms with Crippen molar-refractivity contribution in [1.29, 1.82) is 0 Å². The van der Waals surface area contributed by atoms with Gasteiger partial charge in [-0.25, -0.2) is 13.6 Å². The highest BCUT2D eigenvalue weighted by Gasteiger charge is 2.17. The first-order valence-electron chi connectivity index (χ1n) is 7.98. The van der Waals surface area contributed by atoms with Gasteiger partial charge in [-0.2, -0.15) is 0 Å². The monoisotopic (exact) mass is 379 g/mol. The Morgan fingerprint density at radius 3 is 2.30 bits per heavy atom. The molecule has 0 fully saturated rings. The molecular weight excluding hydrogens is 360 g/mol.